The Morgan fingerprint density at radius 3 is 2.83 bits per heavy atom. The van der Waals surface area contributed by atoms with E-state index in [9.17, 15) is 4.79 Å². The van der Waals surface area contributed by atoms with Crippen LogP contribution in [0.5, 0.6) is 5.75 Å². The number of hydrogen-bond acceptors (Lipinski definition) is 4. The van der Waals surface area contributed by atoms with Gasteiger partial charge in [0, 0.05) is 15.5 Å². The summed E-state index contributed by atoms with van der Waals surface area (Å²) in [5.41, 5.74) is 0.971. The molecule has 3 rings (SSSR count). The molecule has 4 nitrogen and oxygen atoms in total. The van der Waals surface area contributed by atoms with Gasteiger partial charge in [0.2, 0.25) is 0 Å². The molecule has 0 radical (unpaired) electrons. The highest BCUT2D eigenvalue weighted by atomic mass is 79.9. The minimum absolute atomic E-state index is 0.00755. The zero-order valence-electron chi connectivity index (χ0n) is 12.5. The predicted octanol–water partition coefficient (Wildman–Crippen LogP) is 4.06. The van der Waals surface area contributed by atoms with Crippen LogP contribution in [0.2, 0.25) is 0 Å². The summed E-state index contributed by atoms with van der Waals surface area (Å²) >= 11 is 4.99. The van der Waals surface area contributed by atoms with E-state index >= 15 is 0 Å². The molecule has 1 amide bonds. The lowest BCUT2D eigenvalue weighted by molar-refractivity contribution is -0.123. The highest BCUT2D eigenvalue weighted by molar-refractivity contribution is 9.10. The first-order chi connectivity index (χ1) is 11.1. The fourth-order valence-corrected chi connectivity index (χ4v) is 3.23. The Hall–Kier alpha value is -1.92. The average molecular weight is 391 g/mol. The van der Waals surface area contributed by atoms with Crippen molar-refractivity contribution in [1.29, 1.82) is 0 Å². The Bertz CT molecular complexity index is 847. The number of benzene rings is 2. The molecular formula is C17H15BrN2O2S. The van der Waals surface area contributed by atoms with Gasteiger partial charge in [0.15, 0.2) is 6.61 Å². The van der Waals surface area contributed by atoms with E-state index in [0.717, 1.165) is 25.9 Å². The first-order valence-corrected chi connectivity index (χ1v) is 8.77. The summed E-state index contributed by atoms with van der Waals surface area (Å²) in [4.78, 5) is 16.1. The lowest BCUT2D eigenvalue weighted by atomic mass is 10.1. The van der Waals surface area contributed by atoms with Crippen molar-refractivity contribution in [3.63, 3.8) is 0 Å². The summed E-state index contributed by atoms with van der Waals surface area (Å²) in [5.74, 6) is 0.522. The standard InChI is InChI=1S/C17H15BrN2O2S/c1-11-10-23-17(20-11)8-19-16(21)9-22-15-5-3-12-6-14(18)4-2-13(12)7-15/h2-7,10H,8-9H2,1H3,(H,19,21). The van der Waals surface area contributed by atoms with E-state index < -0.39 is 0 Å². The molecule has 0 unspecified atom stereocenters. The van der Waals surface area contributed by atoms with Crippen molar-refractivity contribution < 1.29 is 9.53 Å². The maximum absolute atomic E-state index is 11.8. The molecule has 1 heterocycles. The monoisotopic (exact) mass is 390 g/mol. The Kier molecular flexibility index (Phi) is 4.93. The van der Waals surface area contributed by atoms with Gasteiger partial charge in [-0.1, -0.05) is 28.1 Å². The molecule has 0 aliphatic heterocycles. The van der Waals surface area contributed by atoms with Gasteiger partial charge in [0.05, 0.1) is 6.54 Å². The number of rotatable bonds is 5. The number of thiazole rings is 1. The van der Waals surface area contributed by atoms with Crippen LogP contribution in [0.3, 0.4) is 0 Å². The highest BCUT2D eigenvalue weighted by Crippen LogP contribution is 2.24. The summed E-state index contributed by atoms with van der Waals surface area (Å²) in [6, 6.07) is 11.8. The largest absolute Gasteiger partial charge is 0.484 e. The smallest absolute Gasteiger partial charge is 0.258 e. The number of carbonyl (C=O) groups excluding carboxylic acids is 1. The summed E-state index contributed by atoms with van der Waals surface area (Å²) in [7, 11) is 0. The molecule has 0 saturated heterocycles. The number of carbonyl (C=O) groups is 1. The van der Waals surface area contributed by atoms with Crippen molar-refractivity contribution in [3.8, 4) is 5.75 Å². The van der Waals surface area contributed by atoms with Crippen molar-refractivity contribution >= 4 is 43.9 Å². The van der Waals surface area contributed by atoms with Crippen LogP contribution in [0.1, 0.15) is 10.7 Å². The van der Waals surface area contributed by atoms with Crippen molar-refractivity contribution in [2.24, 2.45) is 0 Å². The third kappa shape index (κ3) is 4.30. The normalized spacial score (nSPS) is 10.7. The van der Waals surface area contributed by atoms with Crippen molar-refractivity contribution in [2.75, 3.05) is 6.61 Å². The second kappa shape index (κ2) is 7.10. The second-order valence-electron chi connectivity index (χ2n) is 5.10. The van der Waals surface area contributed by atoms with E-state index in [2.05, 4.69) is 26.2 Å². The van der Waals surface area contributed by atoms with Gasteiger partial charge in [-0.2, -0.15) is 0 Å². The van der Waals surface area contributed by atoms with Gasteiger partial charge in [0.25, 0.3) is 5.91 Å². The van der Waals surface area contributed by atoms with Crippen LogP contribution in [-0.4, -0.2) is 17.5 Å². The summed E-state index contributed by atoms with van der Waals surface area (Å²) in [5, 5.41) is 7.86. The molecular weight excluding hydrogens is 376 g/mol. The second-order valence-corrected chi connectivity index (χ2v) is 6.96. The topological polar surface area (TPSA) is 51.2 Å². The van der Waals surface area contributed by atoms with E-state index in [4.69, 9.17) is 4.74 Å². The van der Waals surface area contributed by atoms with Crippen LogP contribution in [0.15, 0.2) is 46.3 Å². The molecule has 23 heavy (non-hydrogen) atoms. The molecule has 1 aromatic heterocycles. The van der Waals surface area contributed by atoms with E-state index in [-0.39, 0.29) is 12.5 Å². The van der Waals surface area contributed by atoms with E-state index in [1.165, 1.54) is 11.3 Å². The number of fused-ring (bicyclic) bond motifs is 1. The molecule has 0 bridgehead atoms. The summed E-state index contributed by atoms with van der Waals surface area (Å²) in [6.07, 6.45) is 0. The number of amides is 1. The number of ether oxygens (including phenoxy) is 1. The third-order valence-corrected chi connectivity index (χ3v) is 4.71. The van der Waals surface area contributed by atoms with E-state index in [1.807, 2.05) is 48.7 Å². The van der Waals surface area contributed by atoms with Gasteiger partial charge < -0.3 is 10.1 Å². The minimum Gasteiger partial charge on any atom is -0.484 e. The van der Waals surface area contributed by atoms with Crippen LogP contribution < -0.4 is 10.1 Å². The lowest BCUT2D eigenvalue weighted by Gasteiger charge is -2.08. The van der Waals surface area contributed by atoms with E-state index in [1.54, 1.807) is 0 Å². The summed E-state index contributed by atoms with van der Waals surface area (Å²) < 4.78 is 6.60. The minimum atomic E-state index is -0.159. The van der Waals surface area contributed by atoms with Gasteiger partial charge in [-0.25, -0.2) is 4.98 Å². The van der Waals surface area contributed by atoms with Gasteiger partial charge in [-0.15, -0.1) is 11.3 Å². The first kappa shape index (κ1) is 16.0. The molecule has 0 aliphatic carbocycles. The molecule has 2 aromatic carbocycles. The molecule has 1 N–H and O–H groups in total. The van der Waals surface area contributed by atoms with Gasteiger partial charge >= 0.3 is 0 Å². The van der Waals surface area contributed by atoms with Crippen LogP contribution in [-0.2, 0) is 11.3 Å². The number of nitrogens with zero attached hydrogens (tertiary/aromatic N) is 1. The zero-order valence-corrected chi connectivity index (χ0v) is 14.9. The number of aryl methyl sites for hydroxylation is 1. The molecule has 6 heteroatoms. The number of nitrogens with one attached hydrogen (secondary N) is 1. The van der Waals surface area contributed by atoms with Crippen molar-refractivity contribution in [3.05, 3.63) is 57.0 Å². The molecule has 3 aromatic rings. The van der Waals surface area contributed by atoms with Gasteiger partial charge in [-0.05, 0) is 42.0 Å². The molecule has 0 saturated carbocycles. The molecule has 0 atom stereocenters. The Balaban J connectivity index is 1.55. The molecule has 118 valence electrons. The number of hydrogen-bond donors (Lipinski definition) is 1. The average Bonchev–Trinajstić information content (AvgIpc) is 2.96. The summed E-state index contributed by atoms with van der Waals surface area (Å²) in [6.45, 7) is 2.36. The molecule has 0 fully saturated rings. The van der Waals surface area contributed by atoms with Crippen LogP contribution in [0, 0.1) is 6.92 Å². The van der Waals surface area contributed by atoms with Crippen molar-refractivity contribution in [2.45, 2.75) is 13.5 Å². The van der Waals surface area contributed by atoms with Crippen LogP contribution in [0.25, 0.3) is 10.8 Å². The molecule has 0 aliphatic rings. The SMILES string of the molecule is Cc1csc(CNC(=O)COc2ccc3cc(Br)ccc3c2)n1. The van der Waals surface area contributed by atoms with E-state index in [0.29, 0.717) is 12.3 Å². The fraction of sp³-hybridized carbons (Fsp3) is 0.176. The predicted molar refractivity (Wildman–Crippen MR) is 95.8 cm³/mol. The maximum Gasteiger partial charge on any atom is 0.258 e. The lowest BCUT2D eigenvalue weighted by Crippen LogP contribution is -2.28. The maximum atomic E-state index is 11.8. The zero-order chi connectivity index (χ0) is 16.2. The van der Waals surface area contributed by atoms with Crippen LogP contribution >= 0.6 is 27.3 Å². The Morgan fingerprint density at radius 1 is 1.26 bits per heavy atom. The van der Waals surface area contributed by atoms with Crippen molar-refractivity contribution in [1.82, 2.24) is 10.3 Å². The van der Waals surface area contributed by atoms with Crippen LogP contribution in [0.4, 0.5) is 0 Å². The Morgan fingerprint density at radius 2 is 2.04 bits per heavy atom. The number of halogens is 1. The number of aromatic nitrogens is 1. The Labute approximate surface area is 146 Å². The fourth-order valence-electron chi connectivity index (χ4n) is 2.14. The molecule has 0 spiro atoms. The first-order valence-electron chi connectivity index (χ1n) is 7.10. The van der Waals surface area contributed by atoms with Gasteiger partial charge in [-0.3, -0.25) is 4.79 Å². The highest BCUT2D eigenvalue weighted by Gasteiger charge is 2.05. The third-order valence-electron chi connectivity index (χ3n) is 3.25. The quantitative estimate of drug-likeness (QED) is 0.714. The van der Waals surface area contributed by atoms with Gasteiger partial charge in [0.1, 0.15) is 10.8 Å².